The molecule has 0 saturated carbocycles. The van der Waals surface area contributed by atoms with Gasteiger partial charge in [0.1, 0.15) is 11.7 Å². The largest absolute Gasteiger partial charge is 0.288 e. The molecular weight excluding hydrogens is 296 g/mol. The standard InChI is InChI=1S/C15H10N6O2/c1-20-14-6-9(2-3-13(14)18-19-20)11-4-10-5-12(21(22)23)8-17-15(10)16-7-11/h2-8H,1H3. The average Bonchev–Trinajstić information content (AvgIpc) is 2.94. The zero-order valence-corrected chi connectivity index (χ0v) is 12.0. The summed E-state index contributed by atoms with van der Waals surface area (Å²) in [5.74, 6) is 0. The molecule has 0 saturated heterocycles. The Hall–Kier alpha value is -3.42. The van der Waals surface area contributed by atoms with Gasteiger partial charge < -0.3 is 0 Å². The highest BCUT2D eigenvalue weighted by molar-refractivity contribution is 5.86. The third-order valence-corrected chi connectivity index (χ3v) is 3.67. The number of nitro groups is 1. The van der Waals surface area contributed by atoms with Gasteiger partial charge in [0, 0.05) is 30.3 Å². The van der Waals surface area contributed by atoms with Crippen LogP contribution in [0.1, 0.15) is 0 Å². The van der Waals surface area contributed by atoms with Crippen molar-refractivity contribution in [3.05, 3.63) is 52.8 Å². The molecule has 112 valence electrons. The number of hydrogen-bond acceptors (Lipinski definition) is 6. The van der Waals surface area contributed by atoms with Crippen LogP contribution in [-0.4, -0.2) is 29.9 Å². The Morgan fingerprint density at radius 3 is 2.74 bits per heavy atom. The van der Waals surface area contributed by atoms with Gasteiger partial charge in [0.05, 0.1) is 10.4 Å². The van der Waals surface area contributed by atoms with Crippen LogP contribution in [0.2, 0.25) is 0 Å². The van der Waals surface area contributed by atoms with E-state index < -0.39 is 4.92 Å². The summed E-state index contributed by atoms with van der Waals surface area (Å²) >= 11 is 0. The van der Waals surface area contributed by atoms with Crippen molar-refractivity contribution in [3.63, 3.8) is 0 Å². The number of pyridine rings is 2. The molecule has 23 heavy (non-hydrogen) atoms. The van der Waals surface area contributed by atoms with Crippen LogP contribution in [-0.2, 0) is 7.05 Å². The molecule has 0 fully saturated rings. The zero-order valence-electron chi connectivity index (χ0n) is 12.0. The Balaban J connectivity index is 1.89. The smallest absolute Gasteiger partial charge is 0.258 e. The maximum absolute atomic E-state index is 10.9. The highest BCUT2D eigenvalue weighted by atomic mass is 16.6. The van der Waals surface area contributed by atoms with E-state index in [9.17, 15) is 10.1 Å². The van der Waals surface area contributed by atoms with Gasteiger partial charge >= 0.3 is 0 Å². The van der Waals surface area contributed by atoms with Gasteiger partial charge in [0.2, 0.25) is 0 Å². The molecule has 0 radical (unpaired) electrons. The van der Waals surface area contributed by atoms with Crippen molar-refractivity contribution in [1.82, 2.24) is 25.0 Å². The summed E-state index contributed by atoms with van der Waals surface area (Å²) in [4.78, 5) is 18.7. The zero-order chi connectivity index (χ0) is 16.0. The molecule has 1 aromatic carbocycles. The second kappa shape index (κ2) is 4.80. The summed E-state index contributed by atoms with van der Waals surface area (Å²) in [5, 5.41) is 19.5. The highest BCUT2D eigenvalue weighted by Crippen LogP contribution is 2.26. The van der Waals surface area contributed by atoms with E-state index in [1.807, 2.05) is 31.3 Å². The summed E-state index contributed by atoms with van der Waals surface area (Å²) in [6.07, 6.45) is 2.91. The van der Waals surface area contributed by atoms with Crippen molar-refractivity contribution in [2.45, 2.75) is 0 Å². The minimum atomic E-state index is -0.466. The number of fused-ring (bicyclic) bond motifs is 2. The average molecular weight is 306 g/mol. The topological polar surface area (TPSA) is 99.6 Å². The molecular formula is C15H10N6O2. The number of nitrogens with zero attached hydrogens (tertiary/aromatic N) is 6. The first-order valence-electron chi connectivity index (χ1n) is 6.82. The quantitative estimate of drug-likeness (QED) is 0.416. The van der Waals surface area contributed by atoms with E-state index in [0.717, 1.165) is 22.2 Å². The first-order chi connectivity index (χ1) is 11.1. The predicted octanol–water partition coefficient (Wildman–Crippen LogP) is 2.49. The molecule has 0 bridgehead atoms. The van der Waals surface area contributed by atoms with Crippen molar-refractivity contribution in [2.24, 2.45) is 7.05 Å². The second-order valence-electron chi connectivity index (χ2n) is 5.14. The maximum Gasteiger partial charge on any atom is 0.288 e. The molecule has 0 aliphatic carbocycles. The molecule has 4 aromatic rings. The van der Waals surface area contributed by atoms with Gasteiger partial charge in [0.15, 0.2) is 5.65 Å². The summed E-state index contributed by atoms with van der Waals surface area (Å²) in [6, 6.07) is 9.08. The Bertz CT molecular complexity index is 1070. The van der Waals surface area contributed by atoms with Crippen molar-refractivity contribution < 1.29 is 4.92 Å². The summed E-state index contributed by atoms with van der Waals surface area (Å²) in [7, 11) is 1.82. The molecule has 8 nitrogen and oxygen atoms in total. The third kappa shape index (κ3) is 2.16. The fourth-order valence-corrected chi connectivity index (χ4v) is 2.48. The molecule has 3 aromatic heterocycles. The molecule has 8 heteroatoms. The van der Waals surface area contributed by atoms with Crippen molar-refractivity contribution in [2.75, 3.05) is 0 Å². The number of benzene rings is 1. The van der Waals surface area contributed by atoms with E-state index in [1.165, 1.54) is 12.3 Å². The second-order valence-corrected chi connectivity index (χ2v) is 5.14. The Kier molecular flexibility index (Phi) is 2.77. The normalized spacial score (nSPS) is 11.2. The molecule has 0 N–H and O–H groups in total. The summed E-state index contributed by atoms with van der Waals surface area (Å²) in [6.45, 7) is 0. The van der Waals surface area contributed by atoms with Crippen LogP contribution < -0.4 is 0 Å². The van der Waals surface area contributed by atoms with Gasteiger partial charge in [-0.05, 0) is 23.8 Å². The van der Waals surface area contributed by atoms with Gasteiger partial charge in [-0.3, -0.25) is 10.1 Å². The lowest BCUT2D eigenvalue weighted by atomic mass is 10.1. The lowest BCUT2D eigenvalue weighted by molar-refractivity contribution is -0.385. The van der Waals surface area contributed by atoms with Crippen molar-refractivity contribution in [3.8, 4) is 11.1 Å². The summed E-state index contributed by atoms with van der Waals surface area (Å²) in [5.41, 5.74) is 3.92. The fourth-order valence-electron chi connectivity index (χ4n) is 2.48. The predicted molar refractivity (Wildman–Crippen MR) is 83.7 cm³/mol. The van der Waals surface area contributed by atoms with E-state index in [1.54, 1.807) is 10.9 Å². The third-order valence-electron chi connectivity index (χ3n) is 3.67. The van der Waals surface area contributed by atoms with Crippen LogP contribution >= 0.6 is 0 Å². The van der Waals surface area contributed by atoms with Crippen molar-refractivity contribution in [1.29, 1.82) is 0 Å². The lowest BCUT2D eigenvalue weighted by Gasteiger charge is -2.04. The van der Waals surface area contributed by atoms with E-state index in [4.69, 9.17) is 0 Å². The minimum Gasteiger partial charge on any atom is -0.258 e. The lowest BCUT2D eigenvalue weighted by Crippen LogP contribution is -1.92. The maximum atomic E-state index is 10.9. The van der Waals surface area contributed by atoms with Crippen LogP contribution in [0.3, 0.4) is 0 Å². The number of aromatic nitrogens is 5. The Morgan fingerprint density at radius 1 is 1.09 bits per heavy atom. The number of rotatable bonds is 2. The highest BCUT2D eigenvalue weighted by Gasteiger charge is 2.10. The van der Waals surface area contributed by atoms with E-state index >= 15 is 0 Å². The minimum absolute atomic E-state index is 0.0530. The van der Waals surface area contributed by atoms with Crippen LogP contribution in [0.4, 0.5) is 5.69 Å². The van der Waals surface area contributed by atoms with Crippen LogP contribution in [0.15, 0.2) is 42.7 Å². The van der Waals surface area contributed by atoms with Crippen LogP contribution in [0.25, 0.3) is 33.2 Å². The SMILES string of the molecule is Cn1nnc2ccc(-c3cnc4ncc([N+](=O)[O-])cc4c3)cc21. The molecule has 4 rings (SSSR count). The number of aryl methyl sites for hydroxylation is 1. The van der Waals surface area contributed by atoms with Gasteiger partial charge in [0.25, 0.3) is 5.69 Å². The molecule has 0 atom stereocenters. The Morgan fingerprint density at radius 2 is 1.91 bits per heavy atom. The first kappa shape index (κ1) is 13.3. The van der Waals surface area contributed by atoms with Crippen molar-refractivity contribution >= 4 is 27.8 Å². The van der Waals surface area contributed by atoms with Crippen LogP contribution in [0, 0.1) is 10.1 Å². The molecule has 0 spiro atoms. The van der Waals surface area contributed by atoms with E-state index in [2.05, 4.69) is 20.3 Å². The van der Waals surface area contributed by atoms with E-state index in [0.29, 0.717) is 11.0 Å². The van der Waals surface area contributed by atoms with Gasteiger partial charge in [-0.15, -0.1) is 5.10 Å². The first-order valence-corrected chi connectivity index (χ1v) is 6.82. The number of hydrogen-bond donors (Lipinski definition) is 0. The van der Waals surface area contributed by atoms with E-state index in [-0.39, 0.29) is 5.69 Å². The molecule has 0 amide bonds. The fraction of sp³-hybridized carbons (Fsp3) is 0.0667. The molecule has 0 aliphatic rings. The van der Waals surface area contributed by atoms with Gasteiger partial charge in [-0.1, -0.05) is 11.3 Å². The molecule has 0 aliphatic heterocycles. The summed E-state index contributed by atoms with van der Waals surface area (Å²) < 4.78 is 1.69. The molecule has 0 unspecified atom stereocenters. The monoisotopic (exact) mass is 306 g/mol. The van der Waals surface area contributed by atoms with Gasteiger partial charge in [-0.25, -0.2) is 14.6 Å². The van der Waals surface area contributed by atoms with Gasteiger partial charge in [-0.2, -0.15) is 0 Å². The Labute approximate surface area is 129 Å². The molecule has 3 heterocycles. The van der Waals surface area contributed by atoms with Crippen LogP contribution in [0.5, 0.6) is 0 Å².